The second-order valence-corrected chi connectivity index (χ2v) is 8.02. The van der Waals surface area contributed by atoms with Crippen LogP contribution in [-0.2, 0) is 0 Å². The Labute approximate surface area is 160 Å². The normalized spacial score (nSPS) is 20.4. The van der Waals surface area contributed by atoms with Gasteiger partial charge in [0, 0.05) is 17.8 Å². The number of nitrogens with one attached hydrogen (secondary N) is 1. The lowest BCUT2D eigenvalue weighted by atomic mass is 9.96. The lowest BCUT2D eigenvalue weighted by molar-refractivity contribution is 0.212. The molecule has 0 spiro atoms. The third-order valence-electron chi connectivity index (χ3n) is 5.62. The Hall–Kier alpha value is -1.66. The Balaban J connectivity index is 1.50. The van der Waals surface area contributed by atoms with Crippen LogP contribution in [0.5, 0.6) is 0 Å². The maximum atomic E-state index is 6.39. The maximum absolute atomic E-state index is 6.39. The van der Waals surface area contributed by atoms with E-state index in [1.54, 1.807) is 6.20 Å². The molecule has 7 heteroatoms. The minimum Gasteiger partial charge on any atom is -0.351 e. The van der Waals surface area contributed by atoms with Gasteiger partial charge in [-0.15, -0.1) is 0 Å². The molecule has 1 aliphatic carbocycles. The molecule has 26 heavy (non-hydrogen) atoms. The fourth-order valence-electron chi connectivity index (χ4n) is 3.99. The summed E-state index contributed by atoms with van der Waals surface area (Å²) in [6, 6.07) is 0.931. The first-order chi connectivity index (χ1) is 12.7. The molecule has 6 nitrogen and oxygen atoms in total. The van der Waals surface area contributed by atoms with Crippen LogP contribution in [0.1, 0.15) is 51.0 Å². The number of aromatic nitrogens is 4. The van der Waals surface area contributed by atoms with Crippen molar-refractivity contribution in [2.24, 2.45) is 0 Å². The zero-order chi connectivity index (χ0) is 17.9. The van der Waals surface area contributed by atoms with Gasteiger partial charge in [-0.05, 0) is 45.8 Å². The van der Waals surface area contributed by atoms with E-state index in [0.717, 1.165) is 37.2 Å². The van der Waals surface area contributed by atoms with Crippen molar-refractivity contribution in [1.29, 1.82) is 0 Å². The van der Waals surface area contributed by atoms with Crippen molar-refractivity contribution in [2.75, 3.05) is 25.5 Å². The zero-order valence-corrected chi connectivity index (χ0v) is 16.1. The van der Waals surface area contributed by atoms with Crippen LogP contribution in [0.4, 0.5) is 5.95 Å². The quantitative estimate of drug-likeness (QED) is 0.876. The Kier molecular flexibility index (Phi) is 5.41. The summed E-state index contributed by atoms with van der Waals surface area (Å²) in [6.45, 7) is 2.23. The van der Waals surface area contributed by atoms with Crippen molar-refractivity contribution >= 4 is 17.5 Å². The summed E-state index contributed by atoms with van der Waals surface area (Å²) < 4.78 is 2.08. The largest absolute Gasteiger partial charge is 0.351 e. The second kappa shape index (κ2) is 7.92. The van der Waals surface area contributed by atoms with E-state index in [1.807, 2.05) is 6.20 Å². The molecule has 0 unspecified atom stereocenters. The molecule has 0 amide bonds. The number of rotatable bonds is 4. The highest BCUT2D eigenvalue weighted by molar-refractivity contribution is 6.32. The van der Waals surface area contributed by atoms with E-state index in [9.17, 15) is 0 Å². The molecule has 0 aromatic carbocycles. The van der Waals surface area contributed by atoms with Gasteiger partial charge in [-0.3, -0.25) is 4.68 Å². The van der Waals surface area contributed by atoms with Crippen LogP contribution >= 0.6 is 11.6 Å². The average Bonchev–Trinajstić information content (AvgIpc) is 3.15. The number of nitrogens with zero attached hydrogens (tertiary/aromatic N) is 5. The fraction of sp³-hybridized carbons (Fsp3) is 0.632. The van der Waals surface area contributed by atoms with Crippen LogP contribution < -0.4 is 5.32 Å². The fourth-order valence-corrected chi connectivity index (χ4v) is 4.19. The first-order valence-electron chi connectivity index (χ1n) is 9.71. The van der Waals surface area contributed by atoms with Crippen molar-refractivity contribution in [2.45, 2.75) is 57.0 Å². The van der Waals surface area contributed by atoms with Crippen LogP contribution in [0.15, 0.2) is 18.6 Å². The lowest BCUT2D eigenvalue weighted by Gasteiger charge is -2.28. The van der Waals surface area contributed by atoms with Crippen LogP contribution in [0.3, 0.4) is 0 Å². The van der Waals surface area contributed by atoms with Crippen molar-refractivity contribution in [3.05, 3.63) is 23.6 Å². The van der Waals surface area contributed by atoms with E-state index < -0.39 is 0 Å². The zero-order valence-electron chi connectivity index (χ0n) is 15.4. The highest BCUT2D eigenvalue weighted by Gasteiger charge is 2.20. The first kappa shape index (κ1) is 17.7. The minimum atomic E-state index is 0.459. The van der Waals surface area contributed by atoms with Crippen molar-refractivity contribution in [3.8, 4) is 11.3 Å². The standard InChI is InChI=1S/C19H27ClN6/c1-25-9-7-16(8-10-25)26-13-14(11-22-26)18-17(20)12-21-19(24-18)23-15-5-3-2-4-6-15/h11-13,15-16H,2-10H2,1H3,(H,21,23,24). The van der Waals surface area contributed by atoms with E-state index in [0.29, 0.717) is 23.1 Å². The summed E-state index contributed by atoms with van der Waals surface area (Å²) in [5.74, 6) is 0.670. The number of anilines is 1. The van der Waals surface area contributed by atoms with Gasteiger partial charge < -0.3 is 10.2 Å². The van der Waals surface area contributed by atoms with Gasteiger partial charge in [0.15, 0.2) is 0 Å². The maximum Gasteiger partial charge on any atom is 0.223 e. The monoisotopic (exact) mass is 374 g/mol. The summed E-state index contributed by atoms with van der Waals surface area (Å²) >= 11 is 6.39. The Morgan fingerprint density at radius 2 is 1.85 bits per heavy atom. The van der Waals surface area contributed by atoms with Crippen LogP contribution in [-0.4, -0.2) is 50.8 Å². The van der Waals surface area contributed by atoms with Crippen LogP contribution in [0.2, 0.25) is 5.02 Å². The van der Waals surface area contributed by atoms with Gasteiger partial charge in [-0.2, -0.15) is 5.10 Å². The molecule has 4 rings (SSSR count). The third kappa shape index (κ3) is 4.01. The van der Waals surface area contributed by atoms with Crippen molar-refractivity contribution < 1.29 is 0 Å². The lowest BCUT2D eigenvalue weighted by Crippen LogP contribution is -2.31. The van der Waals surface area contributed by atoms with E-state index in [4.69, 9.17) is 16.6 Å². The Morgan fingerprint density at radius 1 is 1.08 bits per heavy atom. The summed E-state index contributed by atoms with van der Waals surface area (Å²) in [6.07, 6.45) is 14.2. The summed E-state index contributed by atoms with van der Waals surface area (Å²) in [4.78, 5) is 11.4. The molecule has 0 atom stereocenters. The van der Waals surface area contributed by atoms with Crippen molar-refractivity contribution in [3.63, 3.8) is 0 Å². The van der Waals surface area contributed by atoms with E-state index in [-0.39, 0.29) is 0 Å². The summed E-state index contributed by atoms with van der Waals surface area (Å²) in [5.41, 5.74) is 1.72. The summed E-state index contributed by atoms with van der Waals surface area (Å²) in [5, 5.41) is 8.64. The highest BCUT2D eigenvalue weighted by atomic mass is 35.5. The number of hydrogen-bond donors (Lipinski definition) is 1. The molecule has 1 N–H and O–H groups in total. The predicted molar refractivity (Wildman–Crippen MR) is 105 cm³/mol. The molecular weight excluding hydrogens is 348 g/mol. The molecule has 2 aromatic heterocycles. The SMILES string of the molecule is CN1CCC(n2cc(-c3nc(NC4CCCCC4)ncc3Cl)cn2)CC1. The molecule has 1 aliphatic heterocycles. The molecule has 2 aliphatic rings. The van der Waals surface area contributed by atoms with Gasteiger partial charge in [0.25, 0.3) is 0 Å². The molecule has 0 radical (unpaired) electrons. The average molecular weight is 375 g/mol. The minimum absolute atomic E-state index is 0.459. The van der Waals surface area contributed by atoms with Crippen LogP contribution in [0, 0.1) is 0 Å². The van der Waals surface area contributed by atoms with Crippen LogP contribution in [0.25, 0.3) is 11.3 Å². The highest BCUT2D eigenvalue weighted by Crippen LogP contribution is 2.29. The van der Waals surface area contributed by atoms with Gasteiger partial charge in [0.05, 0.1) is 29.2 Å². The topological polar surface area (TPSA) is 58.9 Å². The van der Waals surface area contributed by atoms with Gasteiger partial charge in [0.1, 0.15) is 0 Å². The van der Waals surface area contributed by atoms with E-state index >= 15 is 0 Å². The smallest absolute Gasteiger partial charge is 0.223 e. The van der Waals surface area contributed by atoms with Gasteiger partial charge in [-0.25, -0.2) is 9.97 Å². The Bertz CT molecular complexity index is 731. The number of hydrogen-bond acceptors (Lipinski definition) is 5. The van der Waals surface area contributed by atoms with Gasteiger partial charge in [0.2, 0.25) is 5.95 Å². The first-order valence-corrected chi connectivity index (χ1v) is 10.1. The Morgan fingerprint density at radius 3 is 2.62 bits per heavy atom. The molecule has 0 bridgehead atoms. The number of piperidine rings is 1. The van der Waals surface area contributed by atoms with Gasteiger partial charge >= 0.3 is 0 Å². The number of halogens is 1. The summed E-state index contributed by atoms with van der Waals surface area (Å²) in [7, 11) is 2.17. The van der Waals surface area contributed by atoms with E-state index in [2.05, 4.69) is 38.2 Å². The van der Waals surface area contributed by atoms with Crippen molar-refractivity contribution in [1.82, 2.24) is 24.6 Å². The second-order valence-electron chi connectivity index (χ2n) is 7.61. The molecule has 140 valence electrons. The van der Waals surface area contributed by atoms with Gasteiger partial charge in [-0.1, -0.05) is 30.9 Å². The van der Waals surface area contributed by atoms with E-state index in [1.165, 1.54) is 32.1 Å². The molecule has 1 saturated heterocycles. The molecular formula is C19H27ClN6. The third-order valence-corrected chi connectivity index (χ3v) is 5.90. The molecule has 2 aromatic rings. The number of likely N-dealkylation sites (tertiary alicyclic amines) is 1. The molecule has 3 heterocycles. The molecule has 2 fully saturated rings. The molecule has 1 saturated carbocycles. The predicted octanol–water partition coefficient (Wildman–Crippen LogP) is 4.00.